The van der Waals surface area contributed by atoms with Gasteiger partial charge in [-0.15, -0.1) is 0 Å². The highest BCUT2D eigenvalue weighted by molar-refractivity contribution is 8.04. The summed E-state index contributed by atoms with van der Waals surface area (Å²) in [6.07, 6.45) is 3.60. The van der Waals surface area contributed by atoms with Gasteiger partial charge in [-0.2, -0.15) is 0 Å². The van der Waals surface area contributed by atoms with Gasteiger partial charge in [-0.1, -0.05) is 52.4 Å². The molecule has 26 heavy (non-hydrogen) atoms. The van der Waals surface area contributed by atoms with Crippen molar-refractivity contribution in [2.24, 2.45) is 0 Å². The van der Waals surface area contributed by atoms with Crippen LogP contribution in [0, 0.1) is 0 Å². The number of halogens is 5. The molecule has 0 aliphatic rings. The van der Waals surface area contributed by atoms with Crippen LogP contribution in [0.3, 0.4) is 0 Å². The van der Waals surface area contributed by atoms with Crippen LogP contribution >= 0.6 is 10.7 Å². The van der Waals surface area contributed by atoms with E-state index in [0.717, 1.165) is 19.3 Å². The molecule has 0 aromatic carbocycles. The van der Waals surface area contributed by atoms with Gasteiger partial charge in [0.1, 0.15) is 6.10 Å². The molecule has 0 radical (unpaired) electrons. The molecule has 2 nitrogen and oxygen atoms in total. The Kier molecular flexibility index (Phi) is 14.2. The second-order valence-electron chi connectivity index (χ2n) is 6.91. The van der Waals surface area contributed by atoms with Crippen LogP contribution < -0.4 is 0 Å². The molecule has 0 heterocycles. The number of hydrogen-bond donors (Lipinski definition) is 0. The molecule has 0 aliphatic carbocycles. The Hall–Kier alpha value is 0.120. The fourth-order valence-corrected chi connectivity index (χ4v) is 3.54. The molecule has 0 aromatic heterocycles. The average molecular weight is 425 g/mol. The number of unbranched alkanes of at least 4 members (excludes halogenated alkanes) is 6. The van der Waals surface area contributed by atoms with Crippen molar-refractivity contribution in [3.63, 3.8) is 0 Å². The molecule has 2 unspecified atom stereocenters. The summed E-state index contributed by atoms with van der Waals surface area (Å²) in [5, 5.41) is 0. The van der Waals surface area contributed by atoms with Crippen molar-refractivity contribution < 1.29 is 26.0 Å². The van der Waals surface area contributed by atoms with Crippen LogP contribution in [-0.4, -0.2) is 22.2 Å². The van der Waals surface area contributed by atoms with Gasteiger partial charge in [0.05, 0.1) is 0 Å². The van der Waals surface area contributed by atoms with Crippen LogP contribution in [-0.2, 0) is 14.5 Å². The van der Waals surface area contributed by atoms with Gasteiger partial charge in [0.2, 0.25) is 5.92 Å². The third-order valence-corrected chi connectivity index (χ3v) is 5.01. The lowest BCUT2D eigenvalue weighted by Gasteiger charge is -2.25. The van der Waals surface area contributed by atoms with Gasteiger partial charge in [0.25, 0.3) is 16.2 Å². The second kappa shape index (κ2) is 14.2. The van der Waals surface area contributed by atoms with Crippen molar-refractivity contribution in [3.8, 4) is 0 Å². The molecule has 0 aromatic rings. The zero-order valence-corrected chi connectivity index (χ0v) is 17.5. The fraction of sp³-hybridized carbons (Fsp3) is 1.00. The summed E-state index contributed by atoms with van der Waals surface area (Å²) in [6.45, 7) is 3.64. The maximum Gasteiger partial charge on any atom is 0.275 e. The standard InChI is InChI=1S/C18H33ClF4O2S/c1-3-5-13-17(20,21)14-10-8-6-7-9-11-15-18(22,23)16(12-4-2)25-26(19)24/h16H,3-15H2,1-2H3. The van der Waals surface area contributed by atoms with Gasteiger partial charge < -0.3 is 0 Å². The minimum absolute atomic E-state index is 0.0489. The lowest BCUT2D eigenvalue weighted by molar-refractivity contribution is -0.101. The summed E-state index contributed by atoms with van der Waals surface area (Å²) in [5.74, 6) is -5.64. The van der Waals surface area contributed by atoms with E-state index >= 15 is 0 Å². The van der Waals surface area contributed by atoms with E-state index in [9.17, 15) is 21.8 Å². The summed E-state index contributed by atoms with van der Waals surface area (Å²) < 4.78 is 70.6. The molecule has 0 bridgehead atoms. The molecule has 0 aliphatic heterocycles. The molecule has 0 saturated heterocycles. The van der Waals surface area contributed by atoms with Gasteiger partial charge in [-0.3, -0.25) is 4.18 Å². The lowest BCUT2D eigenvalue weighted by atomic mass is 9.99. The predicted octanol–water partition coefficient (Wildman–Crippen LogP) is 7.57. The highest BCUT2D eigenvalue weighted by atomic mass is 35.7. The van der Waals surface area contributed by atoms with E-state index in [1.807, 2.05) is 6.92 Å². The first kappa shape index (κ1) is 26.1. The predicted molar refractivity (Wildman–Crippen MR) is 100 cm³/mol. The Labute approximate surface area is 162 Å². The van der Waals surface area contributed by atoms with Crippen molar-refractivity contribution in [3.05, 3.63) is 0 Å². The first-order chi connectivity index (χ1) is 12.1. The van der Waals surface area contributed by atoms with Crippen LogP contribution in [0.15, 0.2) is 0 Å². The maximum absolute atomic E-state index is 14.1. The molecule has 0 spiro atoms. The topological polar surface area (TPSA) is 26.3 Å². The Balaban J connectivity index is 3.88. The molecular formula is C18H33ClF4O2S. The normalized spacial score (nSPS) is 15.2. The Bertz CT molecular complexity index is 384. The van der Waals surface area contributed by atoms with Crippen molar-refractivity contribution in [2.75, 3.05) is 0 Å². The number of alkyl halides is 4. The third kappa shape index (κ3) is 13.3. The van der Waals surface area contributed by atoms with E-state index < -0.39 is 28.2 Å². The van der Waals surface area contributed by atoms with Gasteiger partial charge in [-0.05, 0) is 25.7 Å². The highest BCUT2D eigenvalue weighted by Crippen LogP contribution is 2.32. The van der Waals surface area contributed by atoms with Gasteiger partial charge >= 0.3 is 0 Å². The largest absolute Gasteiger partial charge is 0.275 e. The van der Waals surface area contributed by atoms with Gasteiger partial charge in [0.15, 0.2) is 0 Å². The van der Waals surface area contributed by atoms with Crippen LogP contribution in [0.2, 0.25) is 0 Å². The summed E-state index contributed by atoms with van der Waals surface area (Å²) in [7, 11) is 2.93. The van der Waals surface area contributed by atoms with Crippen LogP contribution in [0.1, 0.15) is 97.3 Å². The summed E-state index contributed by atoms with van der Waals surface area (Å²) >= 11 is 0. The van der Waals surface area contributed by atoms with Gasteiger partial charge in [-0.25, -0.2) is 21.8 Å². The average Bonchev–Trinajstić information content (AvgIpc) is 2.54. The number of hydrogen-bond acceptors (Lipinski definition) is 2. The molecule has 0 N–H and O–H groups in total. The van der Waals surface area contributed by atoms with Crippen LogP contribution in [0.4, 0.5) is 17.6 Å². The van der Waals surface area contributed by atoms with E-state index in [-0.39, 0.29) is 25.7 Å². The van der Waals surface area contributed by atoms with E-state index in [1.165, 1.54) is 0 Å². The van der Waals surface area contributed by atoms with Crippen LogP contribution in [0.5, 0.6) is 0 Å². The molecule has 8 heteroatoms. The molecule has 0 rings (SSSR count). The van der Waals surface area contributed by atoms with Crippen molar-refractivity contribution in [1.82, 2.24) is 0 Å². The Morgan fingerprint density at radius 3 is 1.85 bits per heavy atom. The van der Waals surface area contributed by atoms with Crippen molar-refractivity contribution in [2.45, 2.75) is 115 Å². The highest BCUT2D eigenvalue weighted by Gasteiger charge is 2.40. The molecule has 0 amide bonds. The first-order valence-electron chi connectivity index (χ1n) is 9.65. The van der Waals surface area contributed by atoms with Crippen molar-refractivity contribution >= 4 is 21.0 Å². The van der Waals surface area contributed by atoms with Gasteiger partial charge in [0, 0.05) is 29.9 Å². The minimum atomic E-state index is -3.07. The monoisotopic (exact) mass is 424 g/mol. The van der Waals surface area contributed by atoms with Crippen LogP contribution in [0.25, 0.3) is 0 Å². The first-order valence-corrected chi connectivity index (χ1v) is 11.6. The number of rotatable bonds is 17. The molecule has 2 atom stereocenters. The Morgan fingerprint density at radius 2 is 1.35 bits per heavy atom. The molecule has 158 valence electrons. The minimum Gasteiger partial charge on any atom is -0.268 e. The zero-order chi connectivity index (χ0) is 20.1. The quantitative estimate of drug-likeness (QED) is 0.137. The second-order valence-corrected chi connectivity index (χ2v) is 8.25. The van der Waals surface area contributed by atoms with E-state index in [4.69, 9.17) is 10.7 Å². The zero-order valence-electron chi connectivity index (χ0n) is 15.9. The fourth-order valence-electron chi connectivity index (χ4n) is 2.86. The molecular weight excluding hydrogens is 392 g/mol. The lowest BCUT2D eigenvalue weighted by Crippen LogP contribution is -2.35. The maximum atomic E-state index is 14.1. The SMILES string of the molecule is CCCCC(F)(F)CCCCCCCCC(F)(F)C(CCC)OS(=O)Cl. The molecule has 0 fully saturated rings. The van der Waals surface area contributed by atoms with Crippen molar-refractivity contribution in [1.29, 1.82) is 0 Å². The smallest absolute Gasteiger partial charge is 0.268 e. The van der Waals surface area contributed by atoms with E-state index in [0.29, 0.717) is 38.5 Å². The van der Waals surface area contributed by atoms with E-state index in [1.54, 1.807) is 6.92 Å². The summed E-state index contributed by atoms with van der Waals surface area (Å²) in [6, 6.07) is 0. The summed E-state index contributed by atoms with van der Waals surface area (Å²) in [5.41, 5.74) is 0. The van der Waals surface area contributed by atoms with E-state index in [2.05, 4.69) is 4.18 Å². The Morgan fingerprint density at radius 1 is 0.846 bits per heavy atom. The molecule has 0 saturated carbocycles. The third-order valence-electron chi connectivity index (χ3n) is 4.41. The summed E-state index contributed by atoms with van der Waals surface area (Å²) in [4.78, 5) is 0.